The van der Waals surface area contributed by atoms with Crippen molar-refractivity contribution in [3.8, 4) is 5.75 Å². The van der Waals surface area contributed by atoms with Gasteiger partial charge in [-0.3, -0.25) is 9.10 Å². The predicted molar refractivity (Wildman–Crippen MR) is 129 cm³/mol. The summed E-state index contributed by atoms with van der Waals surface area (Å²) in [4.78, 5) is 12.5. The van der Waals surface area contributed by atoms with Gasteiger partial charge in [-0.25, -0.2) is 8.42 Å². The molecule has 0 aromatic heterocycles. The Kier molecular flexibility index (Phi) is 7.93. The average molecular weight is 517 g/mol. The maximum absolute atomic E-state index is 12.9. The quantitative estimate of drug-likeness (QED) is 0.437. The first-order valence-electron chi connectivity index (χ1n) is 10.2. The number of carbonyl (C=O) groups excluding carboxylic acids is 1. The molecule has 0 unspecified atom stereocenters. The molecule has 1 atom stereocenters. The van der Waals surface area contributed by atoms with Crippen molar-refractivity contribution < 1.29 is 17.9 Å². The van der Waals surface area contributed by atoms with Crippen molar-refractivity contribution in [2.45, 2.75) is 24.8 Å². The lowest BCUT2D eigenvalue weighted by atomic mass is 10.1. The van der Waals surface area contributed by atoms with E-state index in [1.165, 1.54) is 4.31 Å². The number of nitrogens with one attached hydrogen (secondary N) is 1. The Bertz CT molecular complexity index is 1130. The zero-order chi connectivity index (χ0) is 23.1. The molecule has 0 aliphatic carbocycles. The number of rotatable bonds is 9. The van der Waals surface area contributed by atoms with Gasteiger partial charge in [-0.1, -0.05) is 46.3 Å². The number of benzene rings is 3. The average Bonchev–Trinajstić information content (AvgIpc) is 2.80. The third-order valence-electron chi connectivity index (χ3n) is 4.86. The Morgan fingerprint density at radius 1 is 1.00 bits per heavy atom. The first-order valence-corrected chi connectivity index (χ1v) is 12.4. The molecule has 32 heavy (non-hydrogen) atoms. The summed E-state index contributed by atoms with van der Waals surface area (Å²) >= 11 is 3.39. The molecule has 0 saturated carbocycles. The molecular weight excluding hydrogens is 492 g/mol. The Hall–Kier alpha value is -2.84. The highest BCUT2D eigenvalue weighted by atomic mass is 79.9. The first-order chi connectivity index (χ1) is 15.3. The lowest BCUT2D eigenvalue weighted by molar-refractivity contribution is -0.123. The van der Waals surface area contributed by atoms with Crippen molar-refractivity contribution in [2.24, 2.45) is 0 Å². The molecule has 0 heterocycles. The fourth-order valence-electron chi connectivity index (χ4n) is 3.19. The Balaban J connectivity index is 1.60. The molecule has 3 aromatic carbocycles. The maximum atomic E-state index is 12.9. The van der Waals surface area contributed by atoms with Gasteiger partial charge in [-0.05, 0) is 67.9 Å². The van der Waals surface area contributed by atoms with Gasteiger partial charge in [-0.15, -0.1) is 0 Å². The minimum absolute atomic E-state index is 0.139. The number of nitrogens with zero attached hydrogens (tertiary/aromatic N) is 1. The van der Waals surface area contributed by atoms with E-state index >= 15 is 0 Å². The third kappa shape index (κ3) is 5.89. The molecule has 0 aliphatic heterocycles. The third-order valence-corrected chi connectivity index (χ3v) is 7.31. The second kappa shape index (κ2) is 10.7. The van der Waals surface area contributed by atoms with Crippen LogP contribution in [0.4, 0.5) is 5.69 Å². The van der Waals surface area contributed by atoms with Crippen LogP contribution in [0.25, 0.3) is 0 Å². The molecule has 1 N–H and O–H groups in total. The van der Waals surface area contributed by atoms with Crippen LogP contribution in [0.5, 0.6) is 5.75 Å². The van der Waals surface area contributed by atoms with E-state index in [1.54, 1.807) is 61.5 Å². The van der Waals surface area contributed by atoms with E-state index in [9.17, 15) is 13.2 Å². The minimum atomic E-state index is -3.66. The fraction of sp³-hybridized carbons (Fsp3) is 0.208. The second-order valence-corrected chi connectivity index (χ2v) is 9.88. The molecule has 1 amide bonds. The van der Waals surface area contributed by atoms with E-state index in [0.717, 1.165) is 10.0 Å². The maximum Gasteiger partial charge on any atom is 0.264 e. The van der Waals surface area contributed by atoms with E-state index in [0.29, 0.717) is 11.4 Å². The van der Waals surface area contributed by atoms with Crippen LogP contribution in [0.3, 0.4) is 0 Å². The van der Waals surface area contributed by atoms with E-state index in [4.69, 9.17) is 4.74 Å². The number of amides is 1. The molecule has 0 saturated heterocycles. The van der Waals surface area contributed by atoms with Gasteiger partial charge in [0.05, 0.1) is 16.6 Å². The van der Waals surface area contributed by atoms with Gasteiger partial charge in [-0.2, -0.15) is 0 Å². The molecule has 168 valence electrons. The molecule has 3 rings (SSSR count). The normalized spacial score (nSPS) is 12.1. The zero-order valence-electron chi connectivity index (χ0n) is 17.9. The van der Waals surface area contributed by atoms with E-state index in [1.807, 2.05) is 31.2 Å². The summed E-state index contributed by atoms with van der Waals surface area (Å²) < 4.78 is 33.8. The largest absolute Gasteiger partial charge is 0.484 e. The zero-order valence-corrected chi connectivity index (χ0v) is 20.3. The van der Waals surface area contributed by atoms with Gasteiger partial charge >= 0.3 is 0 Å². The topological polar surface area (TPSA) is 75.7 Å². The van der Waals surface area contributed by atoms with Crippen LogP contribution >= 0.6 is 15.9 Å². The van der Waals surface area contributed by atoms with Gasteiger partial charge in [0.1, 0.15) is 5.75 Å². The highest BCUT2D eigenvalue weighted by Crippen LogP contribution is 2.25. The van der Waals surface area contributed by atoms with Crippen LogP contribution in [0.2, 0.25) is 0 Å². The van der Waals surface area contributed by atoms with Gasteiger partial charge in [0.15, 0.2) is 6.61 Å². The summed E-state index contributed by atoms with van der Waals surface area (Å²) in [6.45, 7) is 3.83. The van der Waals surface area contributed by atoms with Crippen LogP contribution in [0, 0.1) is 0 Å². The molecule has 0 spiro atoms. The van der Waals surface area contributed by atoms with Gasteiger partial charge in [0.2, 0.25) is 0 Å². The van der Waals surface area contributed by atoms with E-state index < -0.39 is 10.0 Å². The summed E-state index contributed by atoms with van der Waals surface area (Å²) in [7, 11) is -3.66. The summed E-state index contributed by atoms with van der Waals surface area (Å²) in [5, 5.41) is 2.90. The molecule has 6 nitrogen and oxygen atoms in total. The summed E-state index contributed by atoms with van der Waals surface area (Å²) in [6, 6.07) is 22.5. The van der Waals surface area contributed by atoms with Crippen molar-refractivity contribution in [1.82, 2.24) is 5.32 Å². The minimum Gasteiger partial charge on any atom is -0.484 e. The number of carbonyl (C=O) groups is 1. The van der Waals surface area contributed by atoms with Crippen LogP contribution in [0.15, 0.2) is 88.2 Å². The van der Waals surface area contributed by atoms with Crippen molar-refractivity contribution in [3.63, 3.8) is 0 Å². The van der Waals surface area contributed by atoms with Crippen LogP contribution in [-0.4, -0.2) is 27.5 Å². The first kappa shape index (κ1) is 23.8. The standard InChI is InChI=1S/C24H25BrN2O4S/c1-3-27(32(29,30)23-7-5-4-6-8-23)21-13-15-22(16-14-21)31-17-24(28)26-18(2)19-9-11-20(25)12-10-19/h4-16,18H,3,17H2,1-2H3,(H,26,28)/t18-/m0/s1. The van der Waals surface area contributed by atoms with Crippen LogP contribution < -0.4 is 14.4 Å². The predicted octanol–water partition coefficient (Wildman–Crippen LogP) is 4.92. The Labute approximate surface area is 197 Å². The molecule has 0 bridgehead atoms. The highest BCUT2D eigenvalue weighted by molar-refractivity contribution is 9.10. The van der Waals surface area contributed by atoms with Crippen molar-refractivity contribution in [1.29, 1.82) is 0 Å². The fourth-order valence-corrected chi connectivity index (χ4v) is 4.95. The van der Waals surface area contributed by atoms with Crippen LogP contribution in [-0.2, 0) is 14.8 Å². The number of anilines is 1. The Morgan fingerprint density at radius 2 is 1.62 bits per heavy atom. The molecule has 0 radical (unpaired) electrons. The summed E-state index contributed by atoms with van der Waals surface area (Å²) in [5.74, 6) is 0.236. The summed E-state index contributed by atoms with van der Waals surface area (Å²) in [5.41, 5.74) is 1.52. The number of halogens is 1. The van der Waals surface area contributed by atoms with Gasteiger partial charge in [0, 0.05) is 11.0 Å². The molecule has 0 aliphatic rings. The van der Waals surface area contributed by atoms with Crippen LogP contribution in [0.1, 0.15) is 25.5 Å². The van der Waals surface area contributed by atoms with Crippen molar-refractivity contribution in [3.05, 3.63) is 88.9 Å². The van der Waals surface area contributed by atoms with Crippen molar-refractivity contribution in [2.75, 3.05) is 17.5 Å². The number of hydrogen-bond acceptors (Lipinski definition) is 4. The molecule has 0 fully saturated rings. The smallest absolute Gasteiger partial charge is 0.264 e. The van der Waals surface area contributed by atoms with E-state index in [2.05, 4.69) is 21.2 Å². The molecular formula is C24H25BrN2O4S. The van der Waals surface area contributed by atoms with Gasteiger partial charge < -0.3 is 10.1 Å². The SMILES string of the molecule is CCN(c1ccc(OCC(=O)N[C@@H](C)c2ccc(Br)cc2)cc1)S(=O)(=O)c1ccccc1. The number of ether oxygens (including phenoxy) is 1. The highest BCUT2D eigenvalue weighted by Gasteiger charge is 2.23. The molecule has 8 heteroatoms. The lowest BCUT2D eigenvalue weighted by Crippen LogP contribution is -2.31. The monoisotopic (exact) mass is 516 g/mol. The second-order valence-electron chi connectivity index (χ2n) is 7.11. The summed E-state index contributed by atoms with van der Waals surface area (Å²) in [6.07, 6.45) is 0. The van der Waals surface area contributed by atoms with Crippen molar-refractivity contribution >= 4 is 37.5 Å². The Morgan fingerprint density at radius 3 is 2.22 bits per heavy atom. The molecule has 3 aromatic rings. The number of hydrogen-bond donors (Lipinski definition) is 1. The number of sulfonamides is 1. The lowest BCUT2D eigenvalue weighted by Gasteiger charge is -2.23. The van der Waals surface area contributed by atoms with E-state index in [-0.39, 0.29) is 30.0 Å². The van der Waals surface area contributed by atoms with Gasteiger partial charge in [0.25, 0.3) is 15.9 Å².